The summed E-state index contributed by atoms with van der Waals surface area (Å²) >= 11 is 1.86. The molecule has 0 fully saturated rings. The summed E-state index contributed by atoms with van der Waals surface area (Å²) in [4.78, 5) is 9.31. The van der Waals surface area contributed by atoms with Crippen LogP contribution in [0.3, 0.4) is 0 Å². The molecule has 2 heterocycles. The van der Waals surface area contributed by atoms with Gasteiger partial charge in [-0.15, -0.1) is 11.3 Å². The smallest absolute Gasteiger partial charge is 0.191 e. The fourth-order valence-electron chi connectivity index (χ4n) is 2.78. The second-order valence-electron chi connectivity index (χ2n) is 6.64. The maximum atomic E-state index is 4.36. The molecule has 0 bridgehead atoms. The molecule has 0 aliphatic rings. The zero-order chi connectivity index (χ0) is 18.4. The molecule has 0 amide bonds. The first-order chi connectivity index (χ1) is 11.9. The van der Waals surface area contributed by atoms with Crippen molar-refractivity contribution in [3.8, 4) is 0 Å². The van der Waals surface area contributed by atoms with Crippen molar-refractivity contribution in [1.82, 2.24) is 25.3 Å². The molecule has 0 aliphatic carbocycles. The number of rotatable bonds is 7. The number of hydrogen-bond acceptors (Lipinski definition) is 4. The lowest BCUT2D eigenvalue weighted by Crippen LogP contribution is -2.45. The van der Waals surface area contributed by atoms with Gasteiger partial charge < -0.3 is 15.5 Å². The largest absolute Gasteiger partial charge is 0.354 e. The molecule has 25 heavy (non-hydrogen) atoms. The molecule has 2 unspecified atom stereocenters. The molecule has 2 aromatic heterocycles. The molecule has 0 saturated heterocycles. The zero-order valence-corrected chi connectivity index (χ0v) is 16.9. The van der Waals surface area contributed by atoms with Gasteiger partial charge in [-0.3, -0.25) is 9.67 Å². The van der Waals surface area contributed by atoms with Gasteiger partial charge in [-0.25, -0.2) is 0 Å². The van der Waals surface area contributed by atoms with E-state index in [9.17, 15) is 0 Å². The van der Waals surface area contributed by atoms with Crippen LogP contribution in [0.1, 0.15) is 28.3 Å². The number of likely N-dealkylation sites (N-methyl/N-ethyl adjacent to an activating group) is 1. The van der Waals surface area contributed by atoms with Crippen LogP contribution in [-0.4, -0.2) is 54.4 Å². The van der Waals surface area contributed by atoms with E-state index in [0.717, 1.165) is 18.9 Å². The first-order valence-electron chi connectivity index (χ1n) is 8.56. The monoisotopic (exact) mass is 362 g/mol. The molecule has 138 valence electrons. The molecule has 7 heteroatoms. The Morgan fingerprint density at radius 1 is 1.40 bits per heavy atom. The lowest BCUT2D eigenvalue weighted by Gasteiger charge is -2.25. The van der Waals surface area contributed by atoms with Crippen molar-refractivity contribution in [2.24, 2.45) is 12.0 Å². The van der Waals surface area contributed by atoms with E-state index in [0.29, 0.717) is 6.04 Å². The first kappa shape index (κ1) is 19.5. The molecule has 6 nitrogen and oxygen atoms in total. The molecular weight excluding hydrogens is 332 g/mol. The molecule has 0 aliphatic heterocycles. The number of nitrogens with zero attached hydrogens (tertiary/aromatic N) is 4. The summed E-state index contributed by atoms with van der Waals surface area (Å²) in [6.45, 7) is 5.10. The van der Waals surface area contributed by atoms with E-state index in [-0.39, 0.29) is 6.04 Å². The fourth-order valence-corrected chi connectivity index (χ4v) is 3.80. The molecule has 0 aromatic carbocycles. The first-order valence-corrected chi connectivity index (χ1v) is 9.38. The molecule has 0 spiro atoms. The van der Waals surface area contributed by atoms with E-state index >= 15 is 0 Å². The van der Waals surface area contributed by atoms with Crippen LogP contribution in [-0.2, 0) is 13.5 Å². The third-order valence-corrected chi connectivity index (χ3v) is 5.13. The molecule has 0 saturated carbocycles. The highest BCUT2D eigenvalue weighted by atomic mass is 32.1. The molecule has 2 atom stereocenters. The van der Waals surface area contributed by atoms with Crippen LogP contribution in [0.4, 0.5) is 0 Å². The lowest BCUT2D eigenvalue weighted by atomic mass is 10.1. The molecular formula is C18H30N6S. The molecule has 2 N–H and O–H groups in total. The zero-order valence-electron chi connectivity index (χ0n) is 16.1. The van der Waals surface area contributed by atoms with Gasteiger partial charge in [0.15, 0.2) is 5.96 Å². The highest BCUT2D eigenvalue weighted by molar-refractivity contribution is 7.11. The van der Waals surface area contributed by atoms with E-state index in [1.807, 2.05) is 36.3 Å². The highest BCUT2D eigenvalue weighted by Gasteiger charge is 2.17. The summed E-state index contributed by atoms with van der Waals surface area (Å²) in [5, 5.41) is 11.2. The minimum atomic E-state index is 0.238. The van der Waals surface area contributed by atoms with E-state index in [1.165, 1.54) is 15.3 Å². The van der Waals surface area contributed by atoms with Gasteiger partial charge in [0.2, 0.25) is 0 Å². The number of thiophene rings is 1. The average molecular weight is 363 g/mol. The second kappa shape index (κ2) is 9.01. The van der Waals surface area contributed by atoms with Crippen LogP contribution < -0.4 is 10.6 Å². The standard InChI is InChI=1S/C18H30N6S/c1-13(9-16-8-7-14(2)25-16)22-18(19-3)20-11-17(23(4)5)15-10-21-24(6)12-15/h7-8,10,12-13,17H,9,11H2,1-6H3,(H2,19,20,22). The fraction of sp³-hybridized carbons (Fsp3) is 0.556. The van der Waals surface area contributed by atoms with Crippen molar-refractivity contribution < 1.29 is 0 Å². The predicted molar refractivity (Wildman–Crippen MR) is 106 cm³/mol. The summed E-state index contributed by atoms with van der Waals surface area (Å²) in [7, 11) is 7.92. The minimum absolute atomic E-state index is 0.238. The molecule has 2 rings (SSSR count). The van der Waals surface area contributed by atoms with Crippen LogP contribution >= 0.6 is 11.3 Å². The van der Waals surface area contributed by atoms with Crippen molar-refractivity contribution in [3.05, 3.63) is 39.8 Å². The average Bonchev–Trinajstić information content (AvgIpc) is 3.14. The van der Waals surface area contributed by atoms with Crippen LogP contribution in [0, 0.1) is 6.92 Å². The Kier molecular flexibility index (Phi) is 7.01. The van der Waals surface area contributed by atoms with Crippen molar-refractivity contribution in [2.45, 2.75) is 32.4 Å². The highest BCUT2D eigenvalue weighted by Crippen LogP contribution is 2.17. The molecule has 0 radical (unpaired) electrons. The van der Waals surface area contributed by atoms with Gasteiger partial charge in [-0.05, 0) is 40.1 Å². The van der Waals surface area contributed by atoms with Gasteiger partial charge >= 0.3 is 0 Å². The van der Waals surface area contributed by atoms with Gasteiger partial charge in [0.25, 0.3) is 0 Å². The summed E-state index contributed by atoms with van der Waals surface area (Å²) in [6, 6.07) is 4.94. The Balaban J connectivity index is 1.89. The van der Waals surface area contributed by atoms with Gasteiger partial charge in [0.05, 0.1) is 12.2 Å². The van der Waals surface area contributed by atoms with Crippen LogP contribution in [0.15, 0.2) is 29.5 Å². The maximum absolute atomic E-state index is 4.36. The van der Waals surface area contributed by atoms with Gasteiger partial charge in [0, 0.05) is 54.6 Å². The van der Waals surface area contributed by atoms with E-state index < -0.39 is 0 Å². The maximum Gasteiger partial charge on any atom is 0.191 e. The Morgan fingerprint density at radius 3 is 2.68 bits per heavy atom. The Bertz CT molecular complexity index is 687. The van der Waals surface area contributed by atoms with Crippen molar-refractivity contribution in [3.63, 3.8) is 0 Å². The summed E-state index contributed by atoms with van der Waals surface area (Å²) in [5.41, 5.74) is 1.19. The SMILES string of the molecule is CN=C(NCC(c1cnn(C)c1)N(C)C)NC(C)Cc1ccc(C)s1. The van der Waals surface area contributed by atoms with Crippen molar-refractivity contribution in [1.29, 1.82) is 0 Å². The van der Waals surface area contributed by atoms with Crippen LogP contribution in [0.5, 0.6) is 0 Å². The predicted octanol–water partition coefficient (Wildman–Crippen LogP) is 2.19. The van der Waals surface area contributed by atoms with Gasteiger partial charge in [-0.2, -0.15) is 5.10 Å². The molecule has 2 aromatic rings. The Labute approximate surface area is 155 Å². The summed E-state index contributed by atoms with van der Waals surface area (Å²) in [5.74, 6) is 0.830. The Hall–Kier alpha value is -1.86. The van der Waals surface area contributed by atoms with E-state index in [4.69, 9.17) is 0 Å². The number of aromatic nitrogens is 2. The van der Waals surface area contributed by atoms with Gasteiger partial charge in [0.1, 0.15) is 0 Å². The minimum Gasteiger partial charge on any atom is -0.354 e. The van der Waals surface area contributed by atoms with Crippen LogP contribution in [0.25, 0.3) is 0 Å². The third kappa shape index (κ3) is 5.86. The summed E-state index contributed by atoms with van der Waals surface area (Å²) in [6.07, 6.45) is 4.98. The Morgan fingerprint density at radius 2 is 2.16 bits per heavy atom. The lowest BCUT2D eigenvalue weighted by molar-refractivity contribution is 0.298. The van der Waals surface area contributed by atoms with E-state index in [2.05, 4.69) is 71.9 Å². The third-order valence-electron chi connectivity index (χ3n) is 4.11. The normalized spacial score (nSPS) is 14.6. The quantitative estimate of drug-likeness (QED) is 0.586. The second-order valence-corrected chi connectivity index (χ2v) is 8.01. The van der Waals surface area contributed by atoms with E-state index in [1.54, 1.807) is 0 Å². The van der Waals surface area contributed by atoms with Gasteiger partial charge in [-0.1, -0.05) is 0 Å². The number of aryl methyl sites for hydroxylation is 2. The summed E-state index contributed by atoms with van der Waals surface area (Å²) < 4.78 is 1.84. The topological polar surface area (TPSA) is 57.5 Å². The number of nitrogens with one attached hydrogen (secondary N) is 2. The number of aliphatic imine (C=N–C) groups is 1. The van der Waals surface area contributed by atoms with Crippen molar-refractivity contribution in [2.75, 3.05) is 27.7 Å². The van der Waals surface area contributed by atoms with Crippen LogP contribution in [0.2, 0.25) is 0 Å². The van der Waals surface area contributed by atoms with Crippen molar-refractivity contribution >= 4 is 17.3 Å². The number of hydrogen-bond donors (Lipinski definition) is 2. The number of guanidine groups is 1.